The number of ether oxygens (including phenoxy) is 2. The number of halogens is 2. The molecule has 6 rings (SSSR count). The van der Waals surface area contributed by atoms with Crippen LogP contribution >= 0.6 is 38.5 Å². The Bertz CT molecular complexity index is 1580. The number of fused-ring (bicyclic) bond motifs is 2. The first-order valence-corrected chi connectivity index (χ1v) is 17.5. The van der Waals surface area contributed by atoms with Crippen LogP contribution in [0.15, 0.2) is 53.8 Å². The molecule has 12 nitrogen and oxygen atoms in total. The molecule has 46 heavy (non-hydrogen) atoms. The van der Waals surface area contributed by atoms with Crippen LogP contribution in [0, 0.1) is 0 Å². The number of alkyl halides is 1. The van der Waals surface area contributed by atoms with E-state index in [1.807, 2.05) is 74.9 Å². The smallest absolute Gasteiger partial charge is 0.410 e. The molecule has 2 aliphatic rings. The number of carbonyl (C=O) groups is 2. The molecule has 0 spiro atoms. The minimum atomic E-state index is -0.438. The summed E-state index contributed by atoms with van der Waals surface area (Å²) in [4.78, 5) is 27.3. The zero-order valence-corrected chi connectivity index (χ0v) is 31.1. The summed E-state index contributed by atoms with van der Waals surface area (Å²) >= 11 is 5.78. The Hall–Kier alpha value is -3.01. The molecule has 0 unspecified atom stereocenters. The van der Waals surface area contributed by atoms with Gasteiger partial charge < -0.3 is 19.3 Å². The van der Waals surface area contributed by atoms with Gasteiger partial charge in [-0.2, -0.15) is 0 Å². The fourth-order valence-corrected chi connectivity index (χ4v) is 5.84. The summed E-state index contributed by atoms with van der Waals surface area (Å²) in [6.07, 6.45) is 10.9. The number of nitrogens with zero attached hydrogens (tertiary/aromatic N) is 8. The van der Waals surface area contributed by atoms with Gasteiger partial charge in [-0.05, 0) is 103 Å². The highest BCUT2D eigenvalue weighted by molar-refractivity contribution is 14.1. The van der Waals surface area contributed by atoms with Crippen molar-refractivity contribution in [3.8, 4) is 0 Å². The number of hydrogen-bond acceptors (Lipinski definition) is 8. The molecule has 0 atom stereocenters. The molecular formula is C32H44BrIN8O4. The van der Waals surface area contributed by atoms with Gasteiger partial charge in [0.1, 0.15) is 23.9 Å². The molecule has 2 fully saturated rings. The SMILES string of the molecule is Brc1ccn2cnnc2c1.CC(C)(C)OC(=O)N1CCC(I)CC1.CC(C)(C)OC(=O)N1CCC(c2ccn3cnnc3c2)CC1. The molecule has 0 aromatic carbocycles. The maximum atomic E-state index is 12.1. The Kier molecular flexibility index (Phi) is 12.2. The zero-order chi connectivity index (χ0) is 33.5. The van der Waals surface area contributed by atoms with E-state index in [1.54, 1.807) is 22.5 Å². The van der Waals surface area contributed by atoms with Crippen molar-refractivity contribution in [3.05, 3.63) is 59.3 Å². The summed E-state index contributed by atoms with van der Waals surface area (Å²) in [5.41, 5.74) is 2.18. The summed E-state index contributed by atoms with van der Waals surface area (Å²) < 4.78 is 16.2. The van der Waals surface area contributed by atoms with Gasteiger partial charge in [-0.15, -0.1) is 20.4 Å². The number of amides is 2. The zero-order valence-electron chi connectivity index (χ0n) is 27.4. The first-order valence-electron chi connectivity index (χ1n) is 15.5. The molecule has 6 heterocycles. The molecule has 14 heteroatoms. The van der Waals surface area contributed by atoms with Crippen LogP contribution in [-0.4, -0.2) is 92.5 Å². The predicted molar refractivity (Wildman–Crippen MR) is 188 cm³/mol. The van der Waals surface area contributed by atoms with Crippen molar-refractivity contribution in [2.24, 2.45) is 0 Å². The van der Waals surface area contributed by atoms with Crippen molar-refractivity contribution in [1.29, 1.82) is 0 Å². The molecule has 0 radical (unpaired) electrons. The lowest BCUT2D eigenvalue weighted by Gasteiger charge is -2.33. The van der Waals surface area contributed by atoms with Gasteiger partial charge in [0.15, 0.2) is 11.3 Å². The largest absolute Gasteiger partial charge is 0.444 e. The summed E-state index contributed by atoms with van der Waals surface area (Å²) in [6.45, 7) is 14.5. The highest BCUT2D eigenvalue weighted by Gasteiger charge is 2.28. The molecule has 250 valence electrons. The van der Waals surface area contributed by atoms with E-state index in [2.05, 4.69) is 71.0 Å². The average Bonchev–Trinajstić information content (AvgIpc) is 3.65. The summed E-state index contributed by atoms with van der Waals surface area (Å²) in [6, 6.07) is 8.05. The van der Waals surface area contributed by atoms with E-state index in [4.69, 9.17) is 9.47 Å². The first kappa shape index (κ1) is 35.8. The van der Waals surface area contributed by atoms with E-state index in [0.717, 1.165) is 67.6 Å². The minimum absolute atomic E-state index is 0.166. The van der Waals surface area contributed by atoms with Crippen LogP contribution in [-0.2, 0) is 9.47 Å². The van der Waals surface area contributed by atoms with Crippen molar-refractivity contribution in [1.82, 2.24) is 39.0 Å². The summed E-state index contributed by atoms with van der Waals surface area (Å²) in [5.74, 6) is 0.459. The quantitative estimate of drug-likeness (QED) is 0.147. The number of piperidine rings is 2. The van der Waals surface area contributed by atoms with Crippen LogP contribution in [0.25, 0.3) is 11.3 Å². The first-order chi connectivity index (χ1) is 21.7. The lowest BCUT2D eigenvalue weighted by Crippen LogP contribution is -2.41. The number of pyridine rings is 2. The third-order valence-electron chi connectivity index (χ3n) is 7.28. The fourth-order valence-electron chi connectivity index (χ4n) is 4.96. The third-order valence-corrected chi connectivity index (χ3v) is 9.02. The molecular weight excluding hydrogens is 767 g/mol. The maximum Gasteiger partial charge on any atom is 0.410 e. The number of hydrogen-bond donors (Lipinski definition) is 0. The Labute approximate surface area is 292 Å². The van der Waals surface area contributed by atoms with Crippen LogP contribution in [0.5, 0.6) is 0 Å². The van der Waals surface area contributed by atoms with Crippen LogP contribution in [0.1, 0.15) is 78.7 Å². The monoisotopic (exact) mass is 810 g/mol. The second-order valence-electron chi connectivity index (χ2n) is 13.4. The Morgan fingerprint density at radius 3 is 1.72 bits per heavy atom. The highest BCUT2D eigenvalue weighted by atomic mass is 127. The molecule has 0 bridgehead atoms. The lowest BCUT2D eigenvalue weighted by atomic mass is 9.90. The summed E-state index contributed by atoms with van der Waals surface area (Å²) in [5, 5.41) is 15.6. The Balaban J connectivity index is 0.000000171. The molecule has 2 amide bonds. The van der Waals surface area contributed by atoms with Crippen molar-refractivity contribution < 1.29 is 19.1 Å². The second-order valence-corrected chi connectivity index (χ2v) is 16.1. The molecule has 2 saturated heterocycles. The van der Waals surface area contributed by atoms with Crippen molar-refractivity contribution in [2.45, 2.75) is 88.3 Å². The van der Waals surface area contributed by atoms with E-state index in [0.29, 0.717) is 9.84 Å². The Morgan fingerprint density at radius 1 is 0.761 bits per heavy atom. The van der Waals surface area contributed by atoms with Gasteiger partial charge in [0.2, 0.25) is 0 Å². The molecule has 4 aromatic rings. The molecule has 0 N–H and O–H groups in total. The molecule has 0 saturated carbocycles. The van der Waals surface area contributed by atoms with Gasteiger partial charge in [-0.25, -0.2) is 9.59 Å². The number of likely N-dealkylation sites (tertiary alicyclic amines) is 2. The van der Waals surface area contributed by atoms with Crippen LogP contribution in [0.2, 0.25) is 0 Å². The third kappa shape index (κ3) is 11.1. The van der Waals surface area contributed by atoms with E-state index in [-0.39, 0.29) is 17.8 Å². The predicted octanol–water partition coefficient (Wildman–Crippen LogP) is 7.16. The van der Waals surface area contributed by atoms with E-state index in [1.165, 1.54) is 5.56 Å². The maximum absolute atomic E-state index is 12.1. The minimum Gasteiger partial charge on any atom is -0.444 e. The van der Waals surface area contributed by atoms with E-state index in [9.17, 15) is 9.59 Å². The van der Waals surface area contributed by atoms with Gasteiger partial charge in [0.05, 0.1) is 0 Å². The average molecular weight is 812 g/mol. The van der Waals surface area contributed by atoms with E-state index < -0.39 is 5.60 Å². The fraction of sp³-hybridized carbons (Fsp3) is 0.562. The standard InChI is InChI=1S/C16H22N4O2.C10H18INO2.C6H4BrN3/c1-16(2,3)22-15(21)19-7-4-12(5-8-19)13-6-9-20-11-17-18-14(20)10-13;1-10(2,3)14-9(13)12-6-4-8(11)5-7-12;7-5-1-2-10-4-8-9-6(10)3-5/h6,9-12H,4-5,7-8H2,1-3H3;8H,4-7H2,1-3H3;1-4H. The van der Waals surface area contributed by atoms with Gasteiger partial charge in [0.25, 0.3) is 0 Å². The topological polar surface area (TPSA) is 119 Å². The van der Waals surface area contributed by atoms with E-state index >= 15 is 0 Å². The van der Waals surface area contributed by atoms with Gasteiger partial charge in [-0.1, -0.05) is 38.5 Å². The van der Waals surface area contributed by atoms with Gasteiger partial charge >= 0.3 is 12.2 Å². The number of aromatic nitrogens is 6. The summed E-state index contributed by atoms with van der Waals surface area (Å²) in [7, 11) is 0. The van der Waals surface area contributed by atoms with Crippen molar-refractivity contribution in [2.75, 3.05) is 26.2 Å². The molecule has 2 aliphatic heterocycles. The van der Waals surface area contributed by atoms with Gasteiger partial charge in [-0.3, -0.25) is 8.80 Å². The molecule has 0 aliphatic carbocycles. The number of rotatable bonds is 1. The van der Waals surface area contributed by atoms with Crippen molar-refractivity contribution >= 4 is 62.0 Å². The second kappa shape index (κ2) is 15.7. The van der Waals surface area contributed by atoms with Crippen LogP contribution in [0.3, 0.4) is 0 Å². The van der Waals surface area contributed by atoms with Crippen molar-refractivity contribution in [3.63, 3.8) is 0 Å². The van der Waals surface area contributed by atoms with Crippen LogP contribution < -0.4 is 0 Å². The van der Waals surface area contributed by atoms with Gasteiger partial charge in [0, 0.05) is 47.0 Å². The highest BCUT2D eigenvalue weighted by Crippen LogP contribution is 2.29. The Morgan fingerprint density at radius 2 is 1.22 bits per heavy atom. The van der Waals surface area contributed by atoms with Crippen LogP contribution in [0.4, 0.5) is 9.59 Å². The molecule has 4 aromatic heterocycles. The lowest BCUT2D eigenvalue weighted by molar-refractivity contribution is 0.0200. The normalized spacial score (nSPS) is 16.3. The number of carbonyl (C=O) groups excluding carboxylic acids is 2.